The number of aromatic nitrogens is 3. The number of carbonyl (C=O) groups is 2. The lowest BCUT2D eigenvalue weighted by Crippen LogP contribution is -2.40. The number of likely N-dealkylation sites (tertiary alicyclic amines) is 1. The van der Waals surface area contributed by atoms with Crippen molar-refractivity contribution in [3.63, 3.8) is 0 Å². The third-order valence-corrected chi connectivity index (χ3v) is 6.59. The average Bonchev–Trinajstić information content (AvgIpc) is 3.57. The first-order chi connectivity index (χ1) is 16.6. The van der Waals surface area contributed by atoms with E-state index in [1.54, 1.807) is 17.1 Å². The van der Waals surface area contributed by atoms with Crippen LogP contribution in [-0.4, -0.2) is 62.6 Å². The highest BCUT2D eigenvalue weighted by atomic mass is 16.3. The van der Waals surface area contributed by atoms with E-state index in [0.717, 1.165) is 37.2 Å². The van der Waals surface area contributed by atoms with Crippen LogP contribution in [-0.2, 0) is 11.3 Å². The van der Waals surface area contributed by atoms with Crippen molar-refractivity contribution in [3.05, 3.63) is 71.9 Å². The molecule has 0 unspecified atom stereocenters. The molecule has 0 aromatic carbocycles. The molecular weight excluding hydrogens is 430 g/mol. The molecule has 0 saturated carbocycles. The van der Waals surface area contributed by atoms with E-state index < -0.39 is 0 Å². The molecule has 2 aliphatic heterocycles. The Hall–Kier alpha value is -3.68. The Morgan fingerprint density at radius 1 is 1.06 bits per heavy atom. The maximum absolute atomic E-state index is 13.2. The summed E-state index contributed by atoms with van der Waals surface area (Å²) >= 11 is 0. The number of furan rings is 1. The first-order valence-corrected chi connectivity index (χ1v) is 11.9. The number of piperidine rings is 1. The van der Waals surface area contributed by atoms with Crippen LogP contribution >= 0.6 is 0 Å². The van der Waals surface area contributed by atoms with Gasteiger partial charge >= 0.3 is 0 Å². The van der Waals surface area contributed by atoms with Gasteiger partial charge in [0, 0.05) is 44.0 Å². The molecule has 176 valence electrons. The smallest absolute Gasteiger partial charge is 0.256 e. The summed E-state index contributed by atoms with van der Waals surface area (Å²) in [4.78, 5) is 34.7. The molecule has 8 heteroatoms. The molecule has 5 heterocycles. The highest BCUT2D eigenvalue weighted by molar-refractivity contribution is 5.95. The molecule has 2 aliphatic rings. The van der Waals surface area contributed by atoms with Crippen molar-refractivity contribution in [3.8, 4) is 11.5 Å². The van der Waals surface area contributed by atoms with Gasteiger partial charge in [-0.25, -0.2) is 0 Å². The number of rotatable bonds is 5. The highest BCUT2D eigenvalue weighted by Crippen LogP contribution is 2.30. The van der Waals surface area contributed by atoms with Gasteiger partial charge < -0.3 is 14.2 Å². The van der Waals surface area contributed by atoms with Crippen LogP contribution in [0.15, 0.2) is 59.4 Å². The Labute approximate surface area is 198 Å². The van der Waals surface area contributed by atoms with Gasteiger partial charge in [0.2, 0.25) is 5.91 Å². The summed E-state index contributed by atoms with van der Waals surface area (Å²) in [7, 11) is 0. The average molecular weight is 460 g/mol. The maximum atomic E-state index is 13.2. The number of pyridine rings is 1. The van der Waals surface area contributed by atoms with E-state index in [1.807, 2.05) is 53.1 Å². The van der Waals surface area contributed by atoms with E-state index in [4.69, 9.17) is 9.40 Å². The Morgan fingerprint density at radius 2 is 1.91 bits per heavy atom. The van der Waals surface area contributed by atoms with Crippen molar-refractivity contribution in [1.82, 2.24) is 24.6 Å². The normalized spacial score (nSPS) is 16.7. The Balaban J connectivity index is 1.23. The molecule has 0 spiro atoms. The van der Waals surface area contributed by atoms with Crippen LogP contribution in [0.25, 0.3) is 11.5 Å². The molecule has 0 N–H and O–H groups in total. The lowest BCUT2D eigenvalue weighted by Gasteiger charge is -2.33. The van der Waals surface area contributed by atoms with E-state index in [0.29, 0.717) is 36.7 Å². The second kappa shape index (κ2) is 9.67. The molecule has 0 radical (unpaired) electrons. The van der Waals surface area contributed by atoms with E-state index in [9.17, 15) is 9.59 Å². The summed E-state index contributed by atoms with van der Waals surface area (Å²) in [5.41, 5.74) is 3.20. The fourth-order valence-electron chi connectivity index (χ4n) is 4.71. The maximum Gasteiger partial charge on any atom is 0.256 e. The van der Waals surface area contributed by atoms with Crippen molar-refractivity contribution in [2.45, 2.75) is 38.6 Å². The van der Waals surface area contributed by atoms with Crippen LogP contribution in [0.2, 0.25) is 0 Å². The molecule has 34 heavy (non-hydrogen) atoms. The molecular formula is C26H29N5O3. The third-order valence-electron chi connectivity index (χ3n) is 6.59. The number of aryl methyl sites for hydroxylation is 1. The molecule has 5 rings (SSSR count). The van der Waals surface area contributed by atoms with Crippen LogP contribution < -0.4 is 0 Å². The van der Waals surface area contributed by atoms with Gasteiger partial charge in [0.25, 0.3) is 5.91 Å². The molecule has 2 amide bonds. The Morgan fingerprint density at radius 3 is 2.65 bits per heavy atom. The standard InChI is InChI=1S/C26H29N5O3/c1-19-7-8-21(26(33)30-12-3-2-4-13-30)25(27-19)20-9-14-29(15-10-20)24(32)18-31-16-11-22(28-31)23-6-5-17-34-23/h2-3,5-8,11,16-17,20H,4,9-10,12-15,18H2,1H3. The lowest BCUT2D eigenvalue weighted by atomic mass is 9.89. The second-order valence-electron chi connectivity index (χ2n) is 8.93. The molecule has 0 bridgehead atoms. The van der Waals surface area contributed by atoms with E-state index in [1.165, 1.54) is 0 Å². The first kappa shape index (κ1) is 22.1. The number of hydrogen-bond acceptors (Lipinski definition) is 5. The SMILES string of the molecule is Cc1ccc(C(=O)N2CC=CCC2)c(C2CCN(C(=O)Cn3ccc(-c4ccco4)n3)CC2)n1. The lowest BCUT2D eigenvalue weighted by molar-refractivity contribution is -0.133. The van der Waals surface area contributed by atoms with Gasteiger partial charge in [-0.3, -0.25) is 19.3 Å². The minimum absolute atomic E-state index is 0.0427. The summed E-state index contributed by atoms with van der Waals surface area (Å²) in [6.07, 6.45) is 10.0. The third kappa shape index (κ3) is 4.66. The minimum Gasteiger partial charge on any atom is -0.463 e. The predicted molar refractivity (Wildman–Crippen MR) is 127 cm³/mol. The molecule has 0 atom stereocenters. The van der Waals surface area contributed by atoms with Crippen LogP contribution in [0.1, 0.15) is 46.9 Å². The largest absolute Gasteiger partial charge is 0.463 e. The fourth-order valence-corrected chi connectivity index (χ4v) is 4.71. The summed E-state index contributed by atoms with van der Waals surface area (Å²) in [6.45, 7) is 4.83. The number of nitrogens with zero attached hydrogens (tertiary/aromatic N) is 5. The monoisotopic (exact) mass is 459 g/mol. The van der Waals surface area contributed by atoms with Crippen LogP contribution in [0.4, 0.5) is 0 Å². The summed E-state index contributed by atoms with van der Waals surface area (Å²) in [5, 5.41) is 4.45. The van der Waals surface area contributed by atoms with Crippen molar-refractivity contribution in [2.75, 3.05) is 26.2 Å². The van der Waals surface area contributed by atoms with Gasteiger partial charge in [-0.15, -0.1) is 0 Å². The Bertz CT molecular complexity index is 1190. The summed E-state index contributed by atoms with van der Waals surface area (Å²) < 4.78 is 7.03. The topological polar surface area (TPSA) is 84.5 Å². The molecule has 1 saturated heterocycles. The number of amides is 2. The zero-order valence-electron chi connectivity index (χ0n) is 19.4. The predicted octanol–water partition coefficient (Wildman–Crippen LogP) is 3.65. The van der Waals surface area contributed by atoms with Gasteiger partial charge in [-0.05, 0) is 56.5 Å². The van der Waals surface area contributed by atoms with Gasteiger partial charge in [-0.1, -0.05) is 12.2 Å². The minimum atomic E-state index is 0.0427. The quantitative estimate of drug-likeness (QED) is 0.544. The fraction of sp³-hybridized carbons (Fsp3) is 0.385. The molecule has 1 fully saturated rings. The van der Waals surface area contributed by atoms with Crippen LogP contribution in [0.5, 0.6) is 0 Å². The van der Waals surface area contributed by atoms with Crippen molar-refractivity contribution < 1.29 is 14.0 Å². The van der Waals surface area contributed by atoms with E-state index in [-0.39, 0.29) is 24.3 Å². The van der Waals surface area contributed by atoms with Crippen molar-refractivity contribution in [2.24, 2.45) is 0 Å². The van der Waals surface area contributed by atoms with E-state index in [2.05, 4.69) is 11.2 Å². The van der Waals surface area contributed by atoms with Crippen molar-refractivity contribution >= 4 is 11.8 Å². The summed E-state index contributed by atoms with van der Waals surface area (Å²) in [6, 6.07) is 9.34. The molecule has 3 aromatic heterocycles. The molecule has 0 aliphatic carbocycles. The number of hydrogen-bond donors (Lipinski definition) is 0. The Kier molecular flexibility index (Phi) is 6.29. The van der Waals surface area contributed by atoms with Gasteiger partial charge in [-0.2, -0.15) is 5.10 Å². The second-order valence-corrected chi connectivity index (χ2v) is 8.93. The van der Waals surface area contributed by atoms with Gasteiger partial charge in [0.1, 0.15) is 12.2 Å². The van der Waals surface area contributed by atoms with Crippen LogP contribution in [0.3, 0.4) is 0 Å². The summed E-state index contributed by atoms with van der Waals surface area (Å²) in [5.74, 6) is 0.944. The zero-order valence-corrected chi connectivity index (χ0v) is 19.4. The molecule has 8 nitrogen and oxygen atoms in total. The first-order valence-electron chi connectivity index (χ1n) is 11.9. The van der Waals surface area contributed by atoms with E-state index >= 15 is 0 Å². The highest BCUT2D eigenvalue weighted by Gasteiger charge is 2.29. The van der Waals surface area contributed by atoms with Crippen LogP contribution in [0, 0.1) is 6.92 Å². The van der Waals surface area contributed by atoms with Gasteiger partial charge in [0.05, 0.1) is 17.5 Å². The molecule has 3 aromatic rings. The number of carbonyl (C=O) groups excluding carboxylic acids is 2. The van der Waals surface area contributed by atoms with Gasteiger partial charge in [0.15, 0.2) is 5.76 Å². The zero-order chi connectivity index (χ0) is 23.5. The van der Waals surface area contributed by atoms with Crippen molar-refractivity contribution in [1.29, 1.82) is 0 Å².